The maximum absolute atomic E-state index is 12.1. The third kappa shape index (κ3) is 4.63. The topological polar surface area (TPSA) is 94.1 Å². The fraction of sp³-hybridized carbons (Fsp3) is 0.318. The SMILES string of the molecule is CCCC(=O)c1cc(C)c(-c2cc3cnc(NC(=O)[C@H](C)OC)cc3cn2)cn1. The first kappa shape index (κ1) is 20.5. The minimum absolute atomic E-state index is 0.0511. The zero-order valence-electron chi connectivity index (χ0n) is 17.0. The molecular weight excluding hydrogens is 368 g/mol. The number of methoxy groups -OCH3 is 1. The molecule has 3 heterocycles. The number of hydrogen-bond donors (Lipinski definition) is 1. The van der Waals surface area contributed by atoms with Crippen molar-refractivity contribution in [2.24, 2.45) is 0 Å². The molecule has 0 spiro atoms. The second-order valence-corrected chi connectivity index (χ2v) is 6.91. The van der Waals surface area contributed by atoms with E-state index in [0.29, 0.717) is 17.9 Å². The van der Waals surface area contributed by atoms with Crippen LogP contribution in [0.1, 0.15) is 42.7 Å². The summed E-state index contributed by atoms with van der Waals surface area (Å²) in [5.74, 6) is 0.233. The van der Waals surface area contributed by atoms with Gasteiger partial charge in [-0.1, -0.05) is 6.92 Å². The van der Waals surface area contributed by atoms with Crippen LogP contribution in [0.25, 0.3) is 22.0 Å². The summed E-state index contributed by atoms with van der Waals surface area (Å²) in [5, 5.41) is 4.46. The van der Waals surface area contributed by atoms with Gasteiger partial charge in [-0.05, 0) is 44.0 Å². The van der Waals surface area contributed by atoms with Gasteiger partial charge in [0.15, 0.2) is 5.78 Å². The Kier molecular flexibility index (Phi) is 6.29. The third-order valence-electron chi connectivity index (χ3n) is 4.73. The van der Waals surface area contributed by atoms with E-state index in [1.165, 1.54) is 7.11 Å². The number of carbonyl (C=O) groups is 2. The predicted octanol–water partition coefficient (Wildman–Crippen LogP) is 3.96. The molecule has 3 rings (SSSR count). The molecule has 7 nitrogen and oxygen atoms in total. The van der Waals surface area contributed by atoms with Gasteiger partial charge >= 0.3 is 0 Å². The van der Waals surface area contributed by atoms with Gasteiger partial charge in [0, 0.05) is 48.5 Å². The highest BCUT2D eigenvalue weighted by Gasteiger charge is 2.14. The lowest BCUT2D eigenvalue weighted by molar-refractivity contribution is -0.124. The van der Waals surface area contributed by atoms with Crippen LogP contribution in [0.5, 0.6) is 0 Å². The van der Waals surface area contributed by atoms with Crippen LogP contribution in [0, 0.1) is 6.92 Å². The number of nitrogens with one attached hydrogen (secondary N) is 1. The summed E-state index contributed by atoms with van der Waals surface area (Å²) in [6.07, 6.45) is 5.85. The first-order valence-electron chi connectivity index (χ1n) is 9.52. The normalized spacial score (nSPS) is 12.0. The van der Waals surface area contributed by atoms with Gasteiger partial charge < -0.3 is 10.1 Å². The Hall–Kier alpha value is -3.19. The molecule has 7 heteroatoms. The van der Waals surface area contributed by atoms with Crippen LogP contribution in [0.4, 0.5) is 5.82 Å². The second kappa shape index (κ2) is 8.87. The average molecular weight is 392 g/mol. The van der Waals surface area contributed by atoms with Crippen molar-refractivity contribution in [2.75, 3.05) is 12.4 Å². The van der Waals surface area contributed by atoms with Gasteiger partial charge in [-0.15, -0.1) is 0 Å². The summed E-state index contributed by atoms with van der Waals surface area (Å²) in [7, 11) is 1.48. The van der Waals surface area contributed by atoms with E-state index >= 15 is 0 Å². The van der Waals surface area contributed by atoms with Gasteiger partial charge in [0.2, 0.25) is 0 Å². The van der Waals surface area contributed by atoms with Crippen molar-refractivity contribution in [3.05, 3.63) is 48.0 Å². The Morgan fingerprint density at radius 2 is 1.79 bits per heavy atom. The van der Waals surface area contributed by atoms with Gasteiger partial charge in [0.1, 0.15) is 17.6 Å². The number of fused-ring (bicyclic) bond motifs is 1. The van der Waals surface area contributed by atoms with E-state index in [4.69, 9.17) is 4.74 Å². The number of carbonyl (C=O) groups excluding carboxylic acids is 2. The van der Waals surface area contributed by atoms with Crippen LogP contribution >= 0.6 is 0 Å². The number of Topliss-reactive ketones (excluding diaryl/α,β-unsaturated/α-hetero) is 1. The monoisotopic (exact) mass is 392 g/mol. The lowest BCUT2D eigenvalue weighted by Crippen LogP contribution is -2.26. The molecule has 0 aromatic carbocycles. The summed E-state index contributed by atoms with van der Waals surface area (Å²) in [6.45, 7) is 5.59. The molecule has 0 fully saturated rings. The van der Waals surface area contributed by atoms with Crippen molar-refractivity contribution in [1.82, 2.24) is 15.0 Å². The minimum atomic E-state index is -0.560. The number of anilines is 1. The Morgan fingerprint density at radius 1 is 1.07 bits per heavy atom. The Balaban J connectivity index is 1.87. The van der Waals surface area contributed by atoms with Gasteiger partial charge in [0.05, 0.1) is 5.69 Å². The second-order valence-electron chi connectivity index (χ2n) is 6.91. The van der Waals surface area contributed by atoms with E-state index in [9.17, 15) is 9.59 Å². The maximum atomic E-state index is 12.1. The van der Waals surface area contributed by atoms with Crippen LogP contribution in [0.15, 0.2) is 36.8 Å². The van der Waals surface area contributed by atoms with Gasteiger partial charge in [-0.3, -0.25) is 19.6 Å². The summed E-state index contributed by atoms with van der Waals surface area (Å²) >= 11 is 0. The van der Waals surface area contributed by atoms with E-state index in [1.807, 2.05) is 26.0 Å². The Morgan fingerprint density at radius 3 is 2.48 bits per heavy atom. The lowest BCUT2D eigenvalue weighted by atomic mass is 10.0. The van der Waals surface area contributed by atoms with E-state index in [1.54, 1.807) is 31.6 Å². The Bertz CT molecular complexity index is 1070. The molecule has 0 aliphatic rings. The van der Waals surface area contributed by atoms with E-state index in [-0.39, 0.29) is 11.7 Å². The van der Waals surface area contributed by atoms with Crippen molar-refractivity contribution >= 4 is 28.3 Å². The summed E-state index contributed by atoms with van der Waals surface area (Å²) in [5.41, 5.74) is 3.05. The lowest BCUT2D eigenvalue weighted by Gasteiger charge is -2.11. The summed E-state index contributed by atoms with van der Waals surface area (Å²) < 4.78 is 5.01. The van der Waals surface area contributed by atoms with Gasteiger partial charge in [-0.2, -0.15) is 0 Å². The molecule has 0 radical (unpaired) electrons. The third-order valence-corrected chi connectivity index (χ3v) is 4.73. The number of aryl methyl sites for hydroxylation is 1. The van der Waals surface area contributed by atoms with Crippen molar-refractivity contribution in [3.8, 4) is 11.3 Å². The first-order valence-corrected chi connectivity index (χ1v) is 9.52. The van der Waals surface area contributed by atoms with E-state index in [2.05, 4.69) is 20.3 Å². The maximum Gasteiger partial charge on any atom is 0.254 e. The largest absolute Gasteiger partial charge is 0.372 e. The number of amides is 1. The molecule has 29 heavy (non-hydrogen) atoms. The molecule has 1 amide bonds. The molecule has 0 saturated carbocycles. The van der Waals surface area contributed by atoms with E-state index < -0.39 is 6.10 Å². The number of ether oxygens (including phenoxy) is 1. The predicted molar refractivity (Wildman–Crippen MR) is 112 cm³/mol. The average Bonchev–Trinajstić information content (AvgIpc) is 2.72. The molecule has 3 aromatic rings. The molecule has 0 unspecified atom stereocenters. The first-order chi connectivity index (χ1) is 13.9. The van der Waals surface area contributed by atoms with Crippen LogP contribution in [0.2, 0.25) is 0 Å². The number of rotatable bonds is 7. The molecule has 0 saturated heterocycles. The minimum Gasteiger partial charge on any atom is -0.372 e. The molecule has 0 aliphatic heterocycles. The quantitative estimate of drug-likeness (QED) is 0.612. The van der Waals surface area contributed by atoms with Crippen molar-refractivity contribution in [3.63, 3.8) is 0 Å². The Labute approximate surface area is 169 Å². The zero-order valence-corrected chi connectivity index (χ0v) is 17.0. The highest BCUT2D eigenvalue weighted by Crippen LogP contribution is 2.25. The standard InChI is InChI=1S/C22H24N4O3/c1-5-6-20(27)19-7-13(2)17(12-24-19)18-8-15-11-25-21(9-16(15)10-23-18)26-22(28)14(3)29-4/h7-12,14H,5-6H2,1-4H3,(H,25,26,28)/t14-/m0/s1. The van der Waals surface area contributed by atoms with Crippen LogP contribution < -0.4 is 5.32 Å². The van der Waals surface area contributed by atoms with Crippen LogP contribution in [0.3, 0.4) is 0 Å². The summed E-state index contributed by atoms with van der Waals surface area (Å²) in [6, 6.07) is 5.50. The number of aromatic nitrogens is 3. The van der Waals surface area contributed by atoms with Crippen molar-refractivity contribution in [1.29, 1.82) is 0 Å². The fourth-order valence-corrected chi connectivity index (χ4v) is 2.92. The number of hydrogen-bond acceptors (Lipinski definition) is 6. The fourth-order valence-electron chi connectivity index (χ4n) is 2.92. The number of nitrogens with zero attached hydrogens (tertiary/aromatic N) is 3. The molecule has 0 aliphatic carbocycles. The highest BCUT2D eigenvalue weighted by atomic mass is 16.5. The zero-order chi connectivity index (χ0) is 21.0. The van der Waals surface area contributed by atoms with Gasteiger partial charge in [0.25, 0.3) is 5.91 Å². The van der Waals surface area contributed by atoms with E-state index in [0.717, 1.165) is 34.0 Å². The van der Waals surface area contributed by atoms with Crippen molar-refractivity contribution in [2.45, 2.75) is 39.7 Å². The summed E-state index contributed by atoms with van der Waals surface area (Å²) in [4.78, 5) is 37.2. The number of pyridine rings is 3. The molecule has 0 bridgehead atoms. The highest BCUT2D eigenvalue weighted by molar-refractivity contribution is 5.96. The smallest absolute Gasteiger partial charge is 0.254 e. The van der Waals surface area contributed by atoms with Gasteiger partial charge in [-0.25, -0.2) is 4.98 Å². The molecule has 1 N–H and O–H groups in total. The molecule has 1 atom stereocenters. The van der Waals surface area contributed by atoms with Crippen LogP contribution in [-0.2, 0) is 9.53 Å². The van der Waals surface area contributed by atoms with Crippen LogP contribution in [-0.4, -0.2) is 39.9 Å². The molecule has 3 aromatic heterocycles. The number of ketones is 1. The molecule has 150 valence electrons. The molecular formula is C22H24N4O3. The van der Waals surface area contributed by atoms with Crippen molar-refractivity contribution < 1.29 is 14.3 Å².